The van der Waals surface area contributed by atoms with Crippen LogP contribution >= 0.6 is 11.3 Å². The SMILES string of the molecule is C(=C\c1sc2ccccc2[n+]1CCC1OCCO1)/c1ccc2ccc3cccc4ccc1c2c34. The van der Waals surface area contributed by atoms with Crippen LogP contribution in [0.25, 0.3) is 54.7 Å². The average molecular weight is 463 g/mol. The van der Waals surface area contributed by atoms with Crippen molar-refractivity contribution in [2.75, 3.05) is 13.2 Å². The molecule has 1 aliphatic heterocycles. The van der Waals surface area contributed by atoms with Crippen molar-refractivity contribution in [2.24, 2.45) is 0 Å². The fraction of sp³-hybridized carbons (Fsp3) is 0.167. The Morgan fingerprint density at radius 1 is 0.765 bits per heavy atom. The number of hydrogen-bond acceptors (Lipinski definition) is 3. The first-order valence-electron chi connectivity index (χ1n) is 11.8. The normalized spacial score (nSPS) is 15.2. The van der Waals surface area contributed by atoms with E-state index in [4.69, 9.17) is 9.47 Å². The minimum absolute atomic E-state index is 0.0967. The van der Waals surface area contributed by atoms with Crippen molar-refractivity contribution in [1.82, 2.24) is 0 Å². The maximum atomic E-state index is 5.69. The Morgan fingerprint density at radius 3 is 2.35 bits per heavy atom. The molecule has 0 radical (unpaired) electrons. The van der Waals surface area contributed by atoms with Gasteiger partial charge in [-0.3, -0.25) is 0 Å². The van der Waals surface area contributed by atoms with Gasteiger partial charge in [0.25, 0.3) is 5.01 Å². The van der Waals surface area contributed by atoms with Gasteiger partial charge in [-0.05, 0) is 50.0 Å². The molecule has 1 saturated heterocycles. The Labute approximate surface area is 201 Å². The van der Waals surface area contributed by atoms with Gasteiger partial charge in [-0.25, -0.2) is 0 Å². The van der Waals surface area contributed by atoms with Crippen molar-refractivity contribution in [2.45, 2.75) is 19.3 Å². The number of hydrogen-bond donors (Lipinski definition) is 0. The van der Waals surface area contributed by atoms with Crippen molar-refractivity contribution in [3.63, 3.8) is 0 Å². The first-order valence-corrected chi connectivity index (χ1v) is 12.7. The monoisotopic (exact) mass is 462 g/mol. The number of aromatic nitrogens is 1. The van der Waals surface area contributed by atoms with Crippen LogP contribution in [0.3, 0.4) is 0 Å². The Hall–Kier alpha value is -3.31. The molecule has 4 heteroatoms. The van der Waals surface area contributed by atoms with Crippen molar-refractivity contribution in [3.05, 3.63) is 89.4 Å². The lowest BCUT2D eigenvalue weighted by Crippen LogP contribution is -2.36. The molecule has 0 aliphatic carbocycles. The number of rotatable bonds is 5. The van der Waals surface area contributed by atoms with Crippen LogP contribution in [0.15, 0.2) is 78.9 Å². The number of nitrogens with zero attached hydrogens (tertiary/aromatic N) is 1. The van der Waals surface area contributed by atoms with Crippen molar-refractivity contribution in [1.29, 1.82) is 0 Å². The Morgan fingerprint density at radius 2 is 1.50 bits per heavy atom. The molecule has 7 rings (SSSR count). The second kappa shape index (κ2) is 8.17. The van der Waals surface area contributed by atoms with E-state index in [1.54, 1.807) is 0 Å². The molecule has 0 amide bonds. The van der Waals surface area contributed by atoms with Gasteiger partial charge in [0.2, 0.25) is 5.52 Å². The van der Waals surface area contributed by atoms with E-state index in [0.29, 0.717) is 13.2 Å². The standard InChI is InChI=1S/C30H24NO2S/c1-2-7-26-25(6-1)31(17-16-28-32-18-19-33-28)27(34-26)15-13-20-8-9-23-11-10-21-4-3-5-22-12-14-24(20)30(23)29(21)22/h1-15,28H,16-19H2/q+1/b15-13+. The molecule has 0 saturated carbocycles. The fourth-order valence-electron chi connectivity index (χ4n) is 5.28. The molecule has 0 spiro atoms. The van der Waals surface area contributed by atoms with Gasteiger partial charge in [0.05, 0.1) is 19.6 Å². The van der Waals surface area contributed by atoms with Crippen LogP contribution in [0, 0.1) is 0 Å². The van der Waals surface area contributed by atoms with E-state index in [2.05, 4.69) is 95.6 Å². The predicted molar refractivity (Wildman–Crippen MR) is 141 cm³/mol. The lowest BCUT2D eigenvalue weighted by Gasteiger charge is -2.12. The summed E-state index contributed by atoms with van der Waals surface area (Å²) < 4.78 is 15.1. The third-order valence-corrected chi connectivity index (χ3v) is 8.01. The van der Waals surface area contributed by atoms with Crippen LogP contribution in [0.2, 0.25) is 0 Å². The van der Waals surface area contributed by atoms with Gasteiger partial charge >= 0.3 is 0 Å². The van der Waals surface area contributed by atoms with Crippen molar-refractivity contribution >= 4 is 66.0 Å². The molecule has 5 aromatic carbocycles. The van der Waals surface area contributed by atoms with Gasteiger partial charge in [0.15, 0.2) is 12.8 Å². The summed E-state index contributed by atoms with van der Waals surface area (Å²) in [7, 11) is 0. The maximum Gasteiger partial charge on any atom is 0.262 e. The zero-order valence-corrected chi connectivity index (χ0v) is 19.6. The molecule has 2 heterocycles. The topological polar surface area (TPSA) is 22.3 Å². The summed E-state index contributed by atoms with van der Waals surface area (Å²) in [6.45, 7) is 2.26. The number of para-hydroxylation sites is 1. The summed E-state index contributed by atoms with van der Waals surface area (Å²) in [6.07, 6.45) is 5.30. The van der Waals surface area contributed by atoms with Crippen LogP contribution in [-0.4, -0.2) is 19.5 Å². The van der Waals surface area contributed by atoms with E-state index in [9.17, 15) is 0 Å². The molecule has 1 aliphatic rings. The van der Waals surface area contributed by atoms with Gasteiger partial charge in [-0.1, -0.05) is 78.1 Å². The first-order chi connectivity index (χ1) is 16.8. The van der Waals surface area contributed by atoms with Gasteiger partial charge in [-0.15, -0.1) is 0 Å². The molecular weight excluding hydrogens is 438 g/mol. The molecule has 166 valence electrons. The van der Waals surface area contributed by atoms with E-state index in [1.165, 1.54) is 53.1 Å². The van der Waals surface area contributed by atoms with Crippen LogP contribution in [0.4, 0.5) is 0 Å². The molecule has 34 heavy (non-hydrogen) atoms. The lowest BCUT2D eigenvalue weighted by atomic mass is 9.92. The van der Waals surface area contributed by atoms with Crippen LogP contribution < -0.4 is 4.57 Å². The highest BCUT2D eigenvalue weighted by atomic mass is 32.1. The Balaban J connectivity index is 1.33. The van der Waals surface area contributed by atoms with Gasteiger partial charge in [0, 0.05) is 12.1 Å². The number of aryl methyl sites for hydroxylation is 1. The molecular formula is C30H24NO2S+. The molecule has 0 bridgehead atoms. The summed E-state index contributed by atoms with van der Waals surface area (Å²) >= 11 is 1.83. The van der Waals surface area contributed by atoms with Crippen LogP contribution in [-0.2, 0) is 16.0 Å². The Bertz CT molecular complexity index is 1660. The zero-order valence-electron chi connectivity index (χ0n) is 18.7. The molecule has 3 nitrogen and oxygen atoms in total. The van der Waals surface area contributed by atoms with E-state index >= 15 is 0 Å². The maximum absolute atomic E-state index is 5.69. The molecule has 0 atom stereocenters. The first kappa shape index (κ1) is 20.1. The zero-order chi connectivity index (χ0) is 22.5. The summed E-state index contributed by atoms with van der Waals surface area (Å²) in [5.74, 6) is 0. The largest absolute Gasteiger partial charge is 0.350 e. The van der Waals surface area contributed by atoms with E-state index in [1.807, 2.05) is 11.3 Å². The Kier molecular flexibility index (Phi) is 4.83. The number of thiazole rings is 1. The highest BCUT2D eigenvalue weighted by Crippen LogP contribution is 2.36. The number of fused-ring (bicyclic) bond motifs is 1. The van der Waals surface area contributed by atoms with Crippen molar-refractivity contribution in [3.8, 4) is 0 Å². The predicted octanol–water partition coefficient (Wildman–Crippen LogP) is 7.02. The summed E-state index contributed by atoms with van der Waals surface area (Å²) in [6, 6.07) is 28.7. The molecule has 6 aromatic rings. The van der Waals surface area contributed by atoms with E-state index < -0.39 is 0 Å². The van der Waals surface area contributed by atoms with Crippen LogP contribution in [0.1, 0.15) is 17.0 Å². The van der Waals surface area contributed by atoms with Gasteiger partial charge in [-0.2, -0.15) is 4.57 Å². The molecule has 0 unspecified atom stereocenters. The van der Waals surface area contributed by atoms with Gasteiger partial charge in [0.1, 0.15) is 4.70 Å². The highest BCUT2D eigenvalue weighted by Gasteiger charge is 2.23. The van der Waals surface area contributed by atoms with Crippen LogP contribution in [0.5, 0.6) is 0 Å². The number of ether oxygens (including phenoxy) is 2. The minimum atomic E-state index is -0.0967. The van der Waals surface area contributed by atoms with Crippen molar-refractivity contribution < 1.29 is 14.0 Å². The second-order valence-electron chi connectivity index (χ2n) is 8.86. The third-order valence-electron chi connectivity index (χ3n) is 6.88. The van der Waals surface area contributed by atoms with Gasteiger partial charge < -0.3 is 9.47 Å². The summed E-state index contributed by atoms with van der Waals surface area (Å²) in [5.41, 5.74) is 2.51. The summed E-state index contributed by atoms with van der Waals surface area (Å²) in [5, 5.41) is 9.16. The van der Waals surface area contributed by atoms with E-state index in [0.717, 1.165) is 13.0 Å². The smallest absolute Gasteiger partial charge is 0.262 e. The molecule has 1 aromatic heterocycles. The van der Waals surface area contributed by atoms with E-state index in [-0.39, 0.29) is 6.29 Å². The second-order valence-corrected chi connectivity index (χ2v) is 9.93. The minimum Gasteiger partial charge on any atom is -0.350 e. The highest BCUT2D eigenvalue weighted by molar-refractivity contribution is 7.18. The quantitative estimate of drug-likeness (QED) is 0.203. The fourth-order valence-corrected chi connectivity index (χ4v) is 6.37. The molecule has 1 fully saturated rings. The third kappa shape index (κ3) is 3.30. The lowest BCUT2D eigenvalue weighted by molar-refractivity contribution is -0.670. The number of benzene rings is 5. The molecule has 0 N–H and O–H groups in total. The average Bonchev–Trinajstić information content (AvgIpc) is 3.53. The summed E-state index contributed by atoms with van der Waals surface area (Å²) in [4.78, 5) is 0.